The lowest BCUT2D eigenvalue weighted by Gasteiger charge is -2.49. The summed E-state index contributed by atoms with van der Waals surface area (Å²) >= 11 is 0. The van der Waals surface area contributed by atoms with Crippen molar-refractivity contribution in [3.63, 3.8) is 0 Å². The molecule has 3 aliphatic rings. The highest BCUT2D eigenvalue weighted by Crippen LogP contribution is 2.35. The maximum absolute atomic E-state index is 12.6. The zero-order valence-corrected chi connectivity index (χ0v) is 16.4. The topological polar surface area (TPSA) is 44.6 Å². The maximum Gasteiger partial charge on any atom is 0.222 e. The van der Waals surface area contributed by atoms with E-state index in [9.17, 15) is 4.79 Å². The predicted molar refractivity (Wildman–Crippen MR) is 102 cm³/mol. The first-order chi connectivity index (χ1) is 12.6. The van der Waals surface area contributed by atoms with Gasteiger partial charge in [-0.1, -0.05) is 0 Å². The Kier molecular flexibility index (Phi) is 5.06. The number of aryl methyl sites for hydroxylation is 1. The van der Waals surface area contributed by atoms with Crippen molar-refractivity contribution in [3.8, 4) is 0 Å². The van der Waals surface area contributed by atoms with Gasteiger partial charge in [0, 0.05) is 69.5 Å². The lowest BCUT2D eigenvalue weighted by Crippen LogP contribution is -2.60. The molecule has 144 valence electrons. The van der Waals surface area contributed by atoms with Crippen LogP contribution in [0.15, 0.2) is 12.4 Å². The van der Waals surface area contributed by atoms with Crippen LogP contribution in [0.4, 0.5) is 0 Å². The van der Waals surface area contributed by atoms with Crippen LogP contribution in [-0.2, 0) is 17.9 Å². The van der Waals surface area contributed by atoms with Gasteiger partial charge in [-0.2, -0.15) is 5.10 Å². The minimum atomic E-state index is 0.146. The number of rotatable bonds is 5. The highest BCUT2D eigenvalue weighted by molar-refractivity contribution is 5.76. The smallest absolute Gasteiger partial charge is 0.222 e. The van der Waals surface area contributed by atoms with E-state index in [-0.39, 0.29) is 5.54 Å². The predicted octanol–water partition coefficient (Wildman–Crippen LogP) is 1.81. The quantitative estimate of drug-likeness (QED) is 0.804. The molecular formula is C20H33N5O. The first-order valence-electron chi connectivity index (χ1n) is 10.3. The van der Waals surface area contributed by atoms with Gasteiger partial charge in [-0.15, -0.1) is 0 Å². The van der Waals surface area contributed by atoms with Crippen molar-refractivity contribution in [1.82, 2.24) is 24.5 Å². The fourth-order valence-corrected chi connectivity index (χ4v) is 4.63. The molecule has 6 heteroatoms. The monoisotopic (exact) mass is 359 g/mol. The van der Waals surface area contributed by atoms with Crippen LogP contribution in [-0.4, -0.2) is 75.7 Å². The normalized spacial score (nSPS) is 28.7. The van der Waals surface area contributed by atoms with Crippen LogP contribution in [0.2, 0.25) is 0 Å². The molecule has 6 nitrogen and oxygen atoms in total. The van der Waals surface area contributed by atoms with Crippen molar-refractivity contribution in [1.29, 1.82) is 0 Å². The summed E-state index contributed by atoms with van der Waals surface area (Å²) in [5.41, 5.74) is 1.44. The van der Waals surface area contributed by atoms with E-state index in [1.807, 2.05) is 10.9 Å². The third kappa shape index (κ3) is 3.81. The van der Waals surface area contributed by atoms with Crippen LogP contribution in [0.3, 0.4) is 0 Å². The molecule has 1 amide bonds. The van der Waals surface area contributed by atoms with Crippen molar-refractivity contribution >= 4 is 5.91 Å². The first kappa shape index (κ1) is 18.0. The van der Waals surface area contributed by atoms with E-state index in [0.717, 1.165) is 64.6 Å². The number of aromatic nitrogens is 2. The summed E-state index contributed by atoms with van der Waals surface area (Å²) < 4.78 is 2.00. The molecule has 0 bridgehead atoms. The van der Waals surface area contributed by atoms with Gasteiger partial charge in [0.2, 0.25) is 5.91 Å². The molecular weight excluding hydrogens is 326 g/mol. The Balaban J connectivity index is 1.42. The standard InChI is InChI=1S/C20H33N5O/c1-3-25-15-18(12-21-25)13-23-11-10-22(2)20(16-23)7-6-19(26)24(9-8-20)14-17-4-5-17/h12,15,17H,3-11,13-14,16H2,1-2H3/t20-/m1/s1. The van der Waals surface area contributed by atoms with Crippen LogP contribution in [0.25, 0.3) is 0 Å². The summed E-state index contributed by atoms with van der Waals surface area (Å²) in [5, 5.41) is 4.42. The molecule has 0 radical (unpaired) electrons. The van der Waals surface area contributed by atoms with Crippen molar-refractivity contribution in [2.45, 2.75) is 57.7 Å². The zero-order valence-electron chi connectivity index (χ0n) is 16.4. The van der Waals surface area contributed by atoms with Gasteiger partial charge in [-0.05, 0) is 45.6 Å². The Morgan fingerprint density at radius 3 is 2.81 bits per heavy atom. The number of carbonyl (C=O) groups excluding carboxylic acids is 1. The molecule has 4 rings (SSSR count). The SMILES string of the molecule is CCn1cc(CN2CCN(C)[C@@]3(CCC(=O)N(CC4CC4)CC3)C2)cn1. The highest BCUT2D eigenvalue weighted by Gasteiger charge is 2.42. The molecule has 0 aromatic carbocycles. The molecule has 1 atom stereocenters. The van der Waals surface area contributed by atoms with Gasteiger partial charge in [0.25, 0.3) is 0 Å². The van der Waals surface area contributed by atoms with E-state index in [4.69, 9.17) is 0 Å². The fraction of sp³-hybridized carbons (Fsp3) is 0.800. The van der Waals surface area contributed by atoms with E-state index in [1.54, 1.807) is 0 Å². The zero-order chi connectivity index (χ0) is 18.1. The van der Waals surface area contributed by atoms with Crippen LogP contribution >= 0.6 is 0 Å². The Labute approximate surface area is 157 Å². The Hall–Kier alpha value is -1.40. The van der Waals surface area contributed by atoms with E-state index in [1.165, 1.54) is 18.4 Å². The second-order valence-electron chi connectivity index (χ2n) is 8.59. The molecule has 1 spiro atoms. The minimum Gasteiger partial charge on any atom is -0.342 e. The maximum atomic E-state index is 12.6. The molecule has 1 saturated carbocycles. The molecule has 3 heterocycles. The van der Waals surface area contributed by atoms with Crippen molar-refractivity contribution in [2.24, 2.45) is 5.92 Å². The third-order valence-corrected chi connectivity index (χ3v) is 6.68. The Bertz CT molecular complexity index is 640. The highest BCUT2D eigenvalue weighted by atomic mass is 16.2. The lowest BCUT2D eigenvalue weighted by atomic mass is 9.86. The Morgan fingerprint density at radius 2 is 2.08 bits per heavy atom. The fourth-order valence-electron chi connectivity index (χ4n) is 4.63. The average Bonchev–Trinajstić information content (AvgIpc) is 3.37. The van der Waals surface area contributed by atoms with Gasteiger partial charge in [-0.3, -0.25) is 19.3 Å². The van der Waals surface area contributed by atoms with E-state index >= 15 is 0 Å². The summed E-state index contributed by atoms with van der Waals surface area (Å²) in [5.74, 6) is 1.16. The molecule has 1 aromatic heterocycles. The second-order valence-corrected chi connectivity index (χ2v) is 8.59. The second kappa shape index (κ2) is 7.31. The summed E-state index contributed by atoms with van der Waals surface area (Å²) in [6.07, 6.45) is 9.60. The van der Waals surface area contributed by atoms with Crippen LogP contribution in [0.5, 0.6) is 0 Å². The molecule has 2 aliphatic heterocycles. The number of piperazine rings is 1. The molecule has 0 N–H and O–H groups in total. The lowest BCUT2D eigenvalue weighted by molar-refractivity contribution is -0.131. The van der Waals surface area contributed by atoms with Crippen LogP contribution in [0.1, 0.15) is 44.6 Å². The first-order valence-corrected chi connectivity index (χ1v) is 10.3. The van der Waals surface area contributed by atoms with Crippen molar-refractivity contribution < 1.29 is 4.79 Å². The van der Waals surface area contributed by atoms with Gasteiger partial charge in [-0.25, -0.2) is 0 Å². The molecule has 0 unspecified atom stereocenters. The van der Waals surface area contributed by atoms with Gasteiger partial charge >= 0.3 is 0 Å². The largest absolute Gasteiger partial charge is 0.342 e. The number of likely N-dealkylation sites (tertiary alicyclic amines) is 1. The number of likely N-dealkylation sites (N-methyl/N-ethyl adjacent to an activating group) is 1. The number of nitrogens with zero attached hydrogens (tertiary/aromatic N) is 5. The molecule has 2 saturated heterocycles. The summed E-state index contributed by atoms with van der Waals surface area (Å²) in [6, 6.07) is 0. The third-order valence-electron chi connectivity index (χ3n) is 6.68. The van der Waals surface area contributed by atoms with Gasteiger partial charge in [0.15, 0.2) is 0 Å². The van der Waals surface area contributed by atoms with E-state index in [2.05, 4.69) is 40.0 Å². The molecule has 26 heavy (non-hydrogen) atoms. The number of amides is 1. The number of hydrogen-bond donors (Lipinski definition) is 0. The molecule has 1 aromatic rings. The van der Waals surface area contributed by atoms with E-state index in [0.29, 0.717) is 12.3 Å². The molecule has 1 aliphatic carbocycles. The van der Waals surface area contributed by atoms with Crippen LogP contribution < -0.4 is 0 Å². The van der Waals surface area contributed by atoms with Crippen LogP contribution in [0, 0.1) is 5.92 Å². The average molecular weight is 360 g/mol. The summed E-state index contributed by atoms with van der Waals surface area (Å²) in [6.45, 7) is 9.18. The summed E-state index contributed by atoms with van der Waals surface area (Å²) in [7, 11) is 2.26. The number of hydrogen-bond acceptors (Lipinski definition) is 4. The Morgan fingerprint density at radius 1 is 1.23 bits per heavy atom. The summed E-state index contributed by atoms with van der Waals surface area (Å²) in [4.78, 5) is 19.9. The minimum absolute atomic E-state index is 0.146. The van der Waals surface area contributed by atoms with Crippen molar-refractivity contribution in [3.05, 3.63) is 18.0 Å². The van der Waals surface area contributed by atoms with Gasteiger partial charge < -0.3 is 4.90 Å². The van der Waals surface area contributed by atoms with E-state index < -0.39 is 0 Å². The van der Waals surface area contributed by atoms with Crippen molar-refractivity contribution in [2.75, 3.05) is 39.8 Å². The van der Waals surface area contributed by atoms with Gasteiger partial charge in [0.05, 0.1) is 6.20 Å². The number of carbonyl (C=O) groups is 1. The molecule has 3 fully saturated rings. The van der Waals surface area contributed by atoms with Gasteiger partial charge in [0.1, 0.15) is 0 Å².